The maximum Gasteiger partial charge on any atom is 0.236 e. The first kappa shape index (κ1) is 14.8. The Morgan fingerprint density at radius 1 is 1.16 bits per heavy atom. The van der Waals surface area contributed by atoms with Crippen LogP contribution in [0.5, 0.6) is 0 Å². The van der Waals surface area contributed by atoms with Gasteiger partial charge in [-0.15, -0.1) is 0 Å². The Kier molecular flexibility index (Phi) is 5.26. The highest BCUT2D eigenvalue weighted by molar-refractivity contribution is 5.78. The van der Waals surface area contributed by atoms with Crippen molar-refractivity contribution in [2.75, 3.05) is 26.2 Å². The Hall–Kier alpha value is -0.570. The zero-order valence-corrected chi connectivity index (χ0v) is 12.9. The number of carbonyl (C=O) groups excluding carboxylic acids is 1. The lowest BCUT2D eigenvalue weighted by molar-refractivity contribution is -0.136. The molecule has 0 spiro atoms. The van der Waals surface area contributed by atoms with Crippen molar-refractivity contribution in [3.8, 4) is 0 Å². The molecule has 19 heavy (non-hydrogen) atoms. The van der Waals surface area contributed by atoms with E-state index in [9.17, 15) is 4.79 Å². The Morgan fingerprint density at radius 3 is 2.47 bits per heavy atom. The highest BCUT2D eigenvalue weighted by Gasteiger charge is 2.28. The molecule has 2 fully saturated rings. The molecule has 0 unspecified atom stereocenters. The molecule has 3 heteroatoms. The van der Waals surface area contributed by atoms with Gasteiger partial charge in [-0.25, -0.2) is 0 Å². The molecule has 110 valence electrons. The van der Waals surface area contributed by atoms with Crippen LogP contribution in [-0.4, -0.2) is 47.9 Å². The molecule has 0 radical (unpaired) electrons. The molecule has 0 aromatic carbocycles. The van der Waals surface area contributed by atoms with Crippen molar-refractivity contribution in [2.24, 2.45) is 11.8 Å². The van der Waals surface area contributed by atoms with Crippen molar-refractivity contribution in [3.05, 3.63) is 0 Å². The van der Waals surface area contributed by atoms with Crippen molar-refractivity contribution in [2.45, 2.75) is 58.9 Å². The smallest absolute Gasteiger partial charge is 0.236 e. The summed E-state index contributed by atoms with van der Waals surface area (Å²) in [5, 5.41) is 0. The van der Waals surface area contributed by atoms with Gasteiger partial charge in [0.1, 0.15) is 0 Å². The second kappa shape index (κ2) is 6.74. The van der Waals surface area contributed by atoms with Crippen molar-refractivity contribution in [1.29, 1.82) is 0 Å². The van der Waals surface area contributed by atoms with Gasteiger partial charge in [0.05, 0.1) is 6.54 Å². The number of amides is 1. The lowest BCUT2D eigenvalue weighted by Gasteiger charge is -2.39. The summed E-state index contributed by atoms with van der Waals surface area (Å²) < 4.78 is 0. The molecule has 2 aliphatic rings. The standard InChI is InChI=1S/C16H30N2O/c1-4-15-7-5-6-8-17(15)12-16(19)18-10-13(2)9-14(3)11-18/h13-15H,4-12H2,1-3H3/t13-,14+,15-/m1/s1. The van der Waals surface area contributed by atoms with E-state index >= 15 is 0 Å². The molecule has 3 nitrogen and oxygen atoms in total. The van der Waals surface area contributed by atoms with E-state index in [4.69, 9.17) is 0 Å². The fraction of sp³-hybridized carbons (Fsp3) is 0.938. The van der Waals surface area contributed by atoms with Crippen LogP contribution in [-0.2, 0) is 4.79 Å². The van der Waals surface area contributed by atoms with Crippen LogP contribution in [0.15, 0.2) is 0 Å². The van der Waals surface area contributed by atoms with E-state index in [0.717, 1.165) is 19.6 Å². The predicted molar refractivity (Wildman–Crippen MR) is 79.0 cm³/mol. The van der Waals surface area contributed by atoms with Crippen LogP contribution in [0.2, 0.25) is 0 Å². The number of rotatable bonds is 3. The third-order valence-electron chi connectivity index (χ3n) is 4.78. The fourth-order valence-corrected chi connectivity index (χ4v) is 3.87. The highest BCUT2D eigenvalue weighted by Crippen LogP contribution is 2.23. The molecule has 0 saturated carbocycles. The summed E-state index contributed by atoms with van der Waals surface area (Å²) >= 11 is 0. The van der Waals surface area contributed by atoms with E-state index in [0.29, 0.717) is 30.3 Å². The Labute approximate surface area is 118 Å². The van der Waals surface area contributed by atoms with Crippen LogP contribution in [0.25, 0.3) is 0 Å². The van der Waals surface area contributed by atoms with E-state index in [1.54, 1.807) is 0 Å². The second-order valence-electron chi connectivity index (χ2n) is 6.77. The molecule has 2 heterocycles. The van der Waals surface area contributed by atoms with Crippen molar-refractivity contribution < 1.29 is 4.79 Å². The Bertz CT molecular complexity index is 295. The lowest BCUT2D eigenvalue weighted by Crippen LogP contribution is -2.50. The molecule has 2 saturated heterocycles. The average Bonchev–Trinajstić information content (AvgIpc) is 2.38. The van der Waals surface area contributed by atoms with E-state index < -0.39 is 0 Å². The van der Waals surface area contributed by atoms with Gasteiger partial charge in [-0.05, 0) is 44.1 Å². The number of hydrogen-bond acceptors (Lipinski definition) is 2. The van der Waals surface area contributed by atoms with E-state index in [2.05, 4.69) is 30.6 Å². The molecule has 0 aromatic rings. The molecule has 2 rings (SSSR count). The molecular formula is C16H30N2O. The molecule has 0 N–H and O–H groups in total. The minimum absolute atomic E-state index is 0.360. The average molecular weight is 266 g/mol. The summed E-state index contributed by atoms with van der Waals surface area (Å²) in [5.74, 6) is 1.69. The maximum atomic E-state index is 12.5. The summed E-state index contributed by atoms with van der Waals surface area (Å²) in [6.45, 7) is 10.5. The molecule has 0 aliphatic carbocycles. The van der Waals surface area contributed by atoms with Crippen LogP contribution in [0, 0.1) is 11.8 Å². The SMILES string of the molecule is CC[C@@H]1CCCCN1CC(=O)N1C[C@H](C)C[C@H](C)C1. The quantitative estimate of drug-likeness (QED) is 0.784. The maximum absolute atomic E-state index is 12.5. The lowest BCUT2D eigenvalue weighted by atomic mass is 9.92. The van der Waals surface area contributed by atoms with Crippen LogP contribution < -0.4 is 0 Å². The highest BCUT2D eigenvalue weighted by atomic mass is 16.2. The fourth-order valence-electron chi connectivity index (χ4n) is 3.87. The van der Waals surface area contributed by atoms with Gasteiger partial charge in [0.2, 0.25) is 5.91 Å². The van der Waals surface area contributed by atoms with Gasteiger partial charge in [0.15, 0.2) is 0 Å². The second-order valence-corrected chi connectivity index (χ2v) is 6.77. The summed E-state index contributed by atoms with van der Waals surface area (Å²) in [7, 11) is 0. The number of carbonyl (C=O) groups is 1. The van der Waals surface area contributed by atoms with Gasteiger partial charge in [-0.2, -0.15) is 0 Å². The van der Waals surface area contributed by atoms with E-state index in [1.807, 2.05) is 0 Å². The largest absolute Gasteiger partial charge is 0.341 e. The van der Waals surface area contributed by atoms with Crippen molar-refractivity contribution in [1.82, 2.24) is 9.80 Å². The van der Waals surface area contributed by atoms with Gasteiger partial charge in [-0.3, -0.25) is 9.69 Å². The number of likely N-dealkylation sites (tertiary alicyclic amines) is 2. The van der Waals surface area contributed by atoms with Crippen LogP contribution >= 0.6 is 0 Å². The Morgan fingerprint density at radius 2 is 1.84 bits per heavy atom. The first-order valence-electron chi connectivity index (χ1n) is 8.12. The molecule has 0 bridgehead atoms. The first-order chi connectivity index (χ1) is 9.10. The molecular weight excluding hydrogens is 236 g/mol. The topological polar surface area (TPSA) is 23.6 Å². The molecule has 0 aromatic heterocycles. The van der Waals surface area contributed by atoms with Gasteiger partial charge in [0.25, 0.3) is 0 Å². The summed E-state index contributed by atoms with van der Waals surface area (Å²) in [6.07, 6.45) is 6.32. The minimum Gasteiger partial charge on any atom is -0.341 e. The zero-order valence-electron chi connectivity index (χ0n) is 12.9. The van der Waals surface area contributed by atoms with Gasteiger partial charge in [-0.1, -0.05) is 27.2 Å². The van der Waals surface area contributed by atoms with Crippen LogP contribution in [0.1, 0.15) is 52.9 Å². The van der Waals surface area contributed by atoms with Gasteiger partial charge < -0.3 is 4.90 Å². The van der Waals surface area contributed by atoms with E-state index in [-0.39, 0.29) is 0 Å². The van der Waals surface area contributed by atoms with Crippen LogP contribution in [0.3, 0.4) is 0 Å². The van der Waals surface area contributed by atoms with E-state index in [1.165, 1.54) is 32.1 Å². The minimum atomic E-state index is 0.360. The molecule has 1 amide bonds. The van der Waals surface area contributed by atoms with Gasteiger partial charge in [0, 0.05) is 19.1 Å². The summed E-state index contributed by atoms with van der Waals surface area (Å²) in [6, 6.07) is 0.636. The molecule has 2 aliphatic heterocycles. The predicted octanol–water partition coefficient (Wildman–Crippen LogP) is 2.76. The van der Waals surface area contributed by atoms with Crippen molar-refractivity contribution in [3.63, 3.8) is 0 Å². The monoisotopic (exact) mass is 266 g/mol. The number of piperidine rings is 2. The van der Waals surface area contributed by atoms with Gasteiger partial charge >= 0.3 is 0 Å². The Balaban J connectivity index is 1.88. The normalized spacial score (nSPS) is 33.4. The third kappa shape index (κ3) is 3.95. The molecule has 3 atom stereocenters. The summed E-state index contributed by atoms with van der Waals surface area (Å²) in [4.78, 5) is 17.0. The van der Waals surface area contributed by atoms with Crippen LogP contribution in [0.4, 0.5) is 0 Å². The third-order valence-corrected chi connectivity index (χ3v) is 4.78. The van der Waals surface area contributed by atoms with Crippen molar-refractivity contribution >= 4 is 5.91 Å². The number of nitrogens with zero attached hydrogens (tertiary/aromatic N) is 2. The summed E-state index contributed by atoms with van der Waals surface area (Å²) in [5.41, 5.74) is 0. The number of hydrogen-bond donors (Lipinski definition) is 0. The first-order valence-corrected chi connectivity index (χ1v) is 8.12. The zero-order chi connectivity index (χ0) is 13.8.